The molecule has 0 saturated heterocycles. The van der Waals surface area contributed by atoms with E-state index in [0.717, 1.165) is 12.8 Å². The lowest BCUT2D eigenvalue weighted by molar-refractivity contribution is 0.248. The van der Waals surface area contributed by atoms with Gasteiger partial charge in [-0.05, 0) is 67.0 Å². The molecule has 126 valence electrons. The Balaban J connectivity index is 1.69. The average molecular weight is 343 g/mol. The Hall–Kier alpha value is -2.00. The summed E-state index contributed by atoms with van der Waals surface area (Å²) >= 11 is 5.95. The van der Waals surface area contributed by atoms with E-state index in [2.05, 4.69) is 35.8 Å². The van der Waals surface area contributed by atoms with Crippen molar-refractivity contribution in [1.29, 1.82) is 0 Å². The number of nitrogens with one attached hydrogen (secondary N) is 2. The molecule has 0 bridgehead atoms. The quantitative estimate of drug-likeness (QED) is 0.757. The highest BCUT2D eigenvalue weighted by Gasteiger charge is 2.16. The zero-order chi connectivity index (χ0) is 16.9. The molecule has 0 saturated carbocycles. The summed E-state index contributed by atoms with van der Waals surface area (Å²) in [6.45, 7) is 2.09. The number of carbonyl (C=O) groups is 1. The van der Waals surface area contributed by atoms with E-state index in [1.165, 1.54) is 36.0 Å². The molecular formula is C20H23ClN2O. The lowest BCUT2D eigenvalue weighted by Crippen LogP contribution is -2.32. The number of fused-ring (bicyclic) bond motifs is 1. The molecular weight excluding hydrogens is 320 g/mol. The maximum Gasteiger partial charge on any atom is 0.319 e. The Labute approximate surface area is 148 Å². The minimum Gasteiger partial charge on any atom is -0.331 e. The highest BCUT2D eigenvalue weighted by atomic mass is 35.5. The number of benzene rings is 2. The van der Waals surface area contributed by atoms with Crippen LogP contribution in [-0.4, -0.2) is 6.03 Å². The Morgan fingerprint density at radius 3 is 2.67 bits per heavy atom. The zero-order valence-corrected chi connectivity index (χ0v) is 14.7. The van der Waals surface area contributed by atoms with Gasteiger partial charge >= 0.3 is 6.03 Å². The van der Waals surface area contributed by atoms with Crippen molar-refractivity contribution >= 4 is 23.3 Å². The summed E-state index contributed by atoms with van der Waals surface area (Å²) in [6.07, 6.45) is 5.71. The van der Waals surface area contributed by atoms with E-state index in [9.17, 15) is 4.79 Å². The van der Waals surface area contributed by atoms with Crippen molar-refractivity contribution in [2.24, 2.45) is 0 Å². The first-order chi connectivity index (χ1) is 11.7. The van der Waals surface area contributed by atoms with Gasteiger partial charge in [0.05, 0.1) is 6.04 Å². The number of hydrogen-bond donors (Lipinski definition) is 2. The van der Waals surface area contributed by atoms with Gasteiger partial charge in [0, 0.05) is 10.7 Å². The van der Waals surface area contributed by atoms with Gasteiger partial charge in [-0.15, -0.1) is 0 Å². The molecule has 24 heavy (non-hydrogen) atoms. The third-order valence-corrected chi connectivity index (χ3v) is 4.81. The maximum absolute atomic E-state index is 12.3. The van der Waals surface area contributed by atoms with E-state index in [1.807, 2.05) is 12.1 Å². The highest BCUT2D eigenvalue weighted by molar-refractivity contribution is 6.30. The molecule has 2 N–H and O–H groups in total. The number of anilines is 1. The topological polar surface area (TPSA) is 41.1 Å². The van der Waals surface area contributed by atoms with Crippen LogP contribution < -0.4 is 10.6 Å². The van der Waals surface area contributed by atoms with E-state index in [4.69, 9.17) is 11.6 Å². The SMILES string of the molecule is CC[C@@H](NC(=O)Nc1cccc(Cl)c1)c1ccc2c(c1)CCCC2. The molecule has 0 unspecified atom stereocenters. The molecule has 0 fully saturated rings. The van der Waals surface area contributed by atoms with Gasteiger partial charge < -0.3 is 10.6 Å². The Morgan fingerprint density at radius 1 is 1.12 bits per heavy atom. The molecule has 3 rings (SSSR count). The van der Waals surface area contributed by atoms with E-state index in [1.54, 1.807) is 12.1 Å². The first-order valence-electron chi connectivity index (χ1n) is 8.60. The molecule has 4 heteroatoms. The second-order valence-corrected chi connectivity index (χ2v) is 6.74. The van der Waals surface area contributed by atoms with Crippen molar-refractivity contribution in [3.63, 3.8) is 0 Å². The molecule has 1 aliphatic carbocycles. The van der Waals surface area contributed by atoms with Crippen molar-refractivity contribution in [2.75, 3.05) is 5.32 Å². The summed E-state index contributed by atoms with van der Waals surface area (Å²) in [6, 6.07) is 13.6. The Kier molecular flexibility index (Phi) is 5.41. The molecule has 1 atom stereocenters. The lowest BCUT2D eigenvalue weighted by atomic mass is 9.89. The van der Waals surface area contributed by atoms with Crippen LogP contribution in [0.5, 0.6) is 0 Å². The van der Waals surface area contributed by atoms with E-state index >= 15 is 0 Å². The van der Waals surface area contributed by atoms with Gasteiger partial charge in [0.15, 0.2) is 0 Å². The molecule has 2 aromatic carbocycles. The van der Waals surface area contributed by atoms with Crippen molar-refractivity contribution < 1.29 is 4.79 Å². The van der Waals surface area contributed by atoms with Crippen LogP contribution in [0.15, 0.2) is 42.5 Å². The molecule has 0 aromatic heterocycles. The van der Waals surface area contributed by atoms with Gasteiger partial charge in [0.25, 0.3) is 0 Å². The second kappa shape index (κ2) is 7.71. The number of rotatable bonds is 4. The van der Waals surface area contributed by atoms with Crippen molar-refractivity contribution in [1.82, 2.24) is 5.32 Å². The standard InChI is InChI=1S/C20H23ClN2O/c1-2-19(16-11-10-14-6-3-4-7-15(14)12-16)23-20(24)22-18-9-5-8-17(21)13-18/h5,8-13,19H,2-4,6-7H2,1H3,(H2,22,23,24)/t19-/m1/s1. The number of halogens is 1. The van der Waals surface area contributed by atoms with Crippen LogP contribution in [0, 0.1) is 0 Å². The molecule has 0 heterocycles. The van der Waals surface area contributed by atoms with E-state index in [-0.39, 0.29) is 12.1 Å². The van der Waals surface area contributed by atoms with E-state index < -0.39 is 0 Å². The van der Waals surface area contributed by atoms with Crippen molar-refractivity contribution in [3.8, 4) is 0 Å². The van der Waals surface area contributed by atoms with Crippen LogP contribution in [0.3, 0.4) is 0 Å². The maximum atomic E-state index is 12.3. The summed E-state index contributed by atoms with van der Waals surface area (Å²) in [7, 11) is 0. The minimum absolute atomic E-state index is 0.0106. The van der Waals surface area contributed by atoms with Gasteiger partial charge in [-0.1, -0.05) is 42.8 Å². The van der Waals surface area contributed by atoms with Crippen LogP contribution in [0.1, 0.15) is 48.9 Å². The predicted octanol–water partition coefficient (Wildman–Crippen LogP) is 5.49. The van der Waals surface area contributed by atoms with Gasteiger partial charge in [0.2, 0.25) is 0 Å². The van der Waals surface area contributed by atoms with Gasteiger partial charge in [-0.3, -0.25) is 0 Å². The summed E-state index contributed by atoms with van der Waals surface area (Å²) in [5, 5.41) is 6.52. The average Bonchev–Trinajstić information content (AvgIpc) is 2.59. The summed E-state index contributed by atoms with van der Waals surface area (Å²) in [4.78, 5) is 12.3. The minimum atomic E-state index is -0.207. The smallest absolute Gasteiger partial charge is 0.319 e. The second-order valence-electron chi connectivity index (χ2n) is 6.30. The fourth-order valence-electron chi connectivity index (χ4n) is 3.28. The molecule has 0 aliphatic heterocycles. The van der Waals surface area contributed by atoms with Crippen LogP contribution in [0.4, 0.5) is 10.5 Å². The number of hydrogen-bond acceptors (Lipinski definition) is 1. The summed E-state index contributed by atoms with van der Waals surface area (Å²) in [5.74, 6) is 0. The van der Waals surface area contributed by atoms with Crippen molar-refractivity contribution in [2.45, 2.75) is 45.1 Å². The molecule has 0 spiro atoms. The first kappa shape index (κ1) is 16.8. The number of carbonyl (C=O) groups excluding carboxylic acids is 1. The molecule has 1 aliphatic rings. The highest BCUT2D eigenvalue weighted by Crippen LogP contribution is 2.26. The molecule has 0 radical (unpaired) electrons. The van der Waals surface area contributed by atoms with Gasteiger partial charge in [-0.2, -0.15) is 0 Å². The third-order valence-electron chi connectivity index (χ3n) is 4.57. The summed E-state index contributed by atoms with van der Waals surface area (Å²) < 4.78 is 0. The fraction of sp³-hybridized carbons (Fsp3) is 0.350. The van der Waals surface area contributed by atoms with Crippen LogP contribution in [-0.2, 0) is 12.8 Å². The largest absolute Gasteiger partial charge is 0.331 e. The van der Waals surface area contributed by atoms with Crippen LogP contribution in [0.2, 0.25) is 5.02 Å². The van der Waals surface area contributed by atoms with Crippen LogP contribution >= 0.6 is 11.6 Å². The number of aryl methyl sites for hydroxylation is 2. The normalized spacial score (nSPS) is 14.6. The van der Waals surface area contributed by atoms with E-state index in [0.29, 0.717) is 10.7 Å². The molecule has 3 nitrogen and oxygen atoms in total. The molecule has 2 amide bonds. The van der Waals surface area contributed by atoms with Crippen molar-refractivity contribution in [3.05, 3.63) is 64.2 Å². The third kappa shape index (κ3) is 4.09. The number of urea groups is 1. The van der Waals surface area contributed by atoms with Crippen LogP contribution in [0.25, 0.3) is 0 Å². The Bertz CT molecular complexity index is 729. The fourth-order valence-corrected chi connectivity index (χ4v) is 3.47. The molecule has 2 aromatic rings. The lowest BCUT2D eigenvalue weighted by Gasteiger charge is -2.22. The predicted molar refractivity (Wildman–Crippen MR) is 99.7 cm³/mol. The first-order valence-corrected chi connectivity index (χ1v) is 8.98. The Morgan fingerprint density at radius 2 is 1.92 bits per heavy atom. The summed E-state index contributed by atoms with van der Waals surface area (Å²) in [5.41, 5.74) is 4.78. The monoisotopic (exact) mass is 342 g/mol. The zero-order valence-electron chi connectivity index (χ0n) is 13.9. The van der Waals surface area contributed by atoms with Gasteiger partial charge in [0.1, 0.15) is 0 Å². The van der Waals surface area contributed by atoms with Gasteiger partial charge in [-0.25, -0.2) is 4.79 Å². The number of amides is 2.